The molecule has 112 valence electrons. The van der Waals surface area contributed by atoms with E-state index in [4.69, 9.17) is 0 Å². The highest BCUT2D eigenvalue weighted by molar-refractivity contribution is 5.27. The van der Waals surface area contributed by atoms with E-state index < -0.39 is 17.2 Å². The van der Waals surface area contributed by atoms with Crippen LogP contribution in [0.2, 0.25) is 0 Å². The van der Waals surface area contributed by atoms with Gasteiger partial charge in [-0.2, -0.15) is 0 Å². The maximum absolute atomic E-state index is 13.9. The molecule has 0 bridgehead atoms. The fourth-order valence-electron chi connectivity index (χ4n) is 2.83. The molecule has 0 aromatic heterocycles. The zero-order valence-electron chi connectivity index (χ0n) is 12.2. The van der Waals surface area contributed by atoms with Gasteiger partial charge in [-0.05, 0) is 44.4 Å². The number of aliphatic hydroxyl groups is 1. The topological polar surface area (TPSA) is 32.3 Å². The molecule has 0 radical (unpaired) electrons. The zero-order chi connectivity index (χ0) is 14.8. The second-order valence-corrected chi connectivity index (χ2v) is 6.01. The Balaban J connectivity index is 2.01. The highest BCUT2D eigenvalue weighted by Gasteiger charge is 2.29. The normalized spacial score (nSPS) is 19.9. The lowest BCUT2D eigenvalue weighted by Gasteiger charge is -2.33. The molecule has 1 aromatic rings. The van der Waals surface area contributed by atoms with Crippen LogP contribution in [0, 0.1) is 18.6 Å². The van der Waals surface area contributed by atoms with Crippen LogP contribution in [0.1, 0.15) is 56.2 Å². The molecule has 1 saturated carbocycles. The van der Waals surface area contributed by atoms with Gasteiger partial charge in [0.05, 0.1) is 5.60 Å². The summed E-state index contributed by atoms with van der Waals surface area (Å²) in [6.45, 7) is 3.76. The summed E-state index contributed by atoms with van der Waals surface area (Å²) < 4.78 is 27.4. The number of rotatable bonds is 4. The molecule has 1 fully saturated rings. The van der Waals surface area contributed by atoms with Crippen molar-refractivity contribution in [3.8, 4) is 0 Å². The summed E-state index contributed by atoms with van der Waals surface area (Å²) in [5, 5.41) is 13.5. The first kappa shape index (κ1) is 15.4. The van der Waals surface area contributed by atoms with Gasteiger partial charge < -0.3 is 10.4 Å². The Labute approximate surface area is 119 Å². The Kier molecular flexibility index (Phi) is 4.76. The molecule has 2 nitrogen and oxygen atoms in total. The largest absolute Gasteiger partial charge is 0.389 e. The van der Waals surface area contributed by atoms with Crippen molar-refractivity contribution >= 4 is 0 Å². The SMILES string of the molecule is Cc1cc(F)c(C(C)NCC2(O)CCCCC2)cc1F. The van der Waals surface area contributed by atoms with Crippen molar-refractivity contribution in [2.45, 2.75) is 57.6 Å². The van der Waals surface area contributed by atoms with E-state index in [1.807, 2.05) is 0 Å². The summed E-state index contributed by atoms with van der Waals surface area (Å²) in [4.78, 5) is 0. The van der Waals surface area contributed by atoms with E-state index in [1.165, 1.54) is 12.1 Å². The van der Waals surface area contributed by atoms with Gasteiger partial charge in [-0.1, -0.05) is 19.3 Å². The standard InChI is InChI=1S/C16H23F2NO/c1-11-8-15(18)13(9-14(11)17)12(2)19-10-16(20)6-4-3-5-7-16/h8-9,12,19-20H,3-7,10H2,1-2H3. The second kappa shape index (κ2) is 6.19. The molecule has 1 atom stereocenters. The number of benzene rings is 1. The van der Waals surface area contributed by atoms with Crippen LogP contribution in [0.15, 0.2) is 12.1 Å². The minimum Gasteiger partial charge on any atom is -0.389 e. The molecule has 1 aliphatic rings. The van der Waals surface area contributed by atoms with Crippen LogP contribution in [0.5, 0.6) is 0 Å². The molecule has 2 N–H and O–H groups in total. The first-order valence-corrected chi connectivity index (χ1v) is 7.33. The van der Waals surface area contributed by atoms with Crippen LogP contribution >= 0.6 is 0 Å². The molecule has 4 heteroatoms. The van der Waals surface area contributed by atoms with Gasteiger partial charge in [-0.3, -0.25) is 0 Å². The van der Waals surface area contributed by atoms with E-state index in [0.717, 1.165) is 32.1 Å². The Morgan fingerprint density at radius 2 is 1.85 bits per heavy atom. The third-order valence-corrected chi connectivity index (χ3v) is 4.27. The van der Waals surface area contributed by atoms with Crippen LogP contribution in [0.3, 0.4) is 0 Å². The smallest absolute Gasteiger partial charge is 0.128 e. The summed E-state index contributed by atoms with van der Waals surface area (Å²) >= 11 is 0. The number of nitrogens with one attached hydrogen (secondary N) is 1. The molecule has 0 aliphatic heterocycles. The summed E-state index contributed by atoms with van der Waals surface area (Å²) in [5.41, 5.74) is -0.0801. The van der Waals surface area contributed by atoms with Crippen molar-refractivity contribution in [2.24, 2.45) is 0 Å². The maximum Gasteiger partial charge on any atom is 0.128 e. The third kappa shape index (κ3) is 3.55. The van der Waals surface area contributed by atoms with E-state index in [9.17, 15) is 13.9 Å². The van der Waals surface area contributed by atoms with Gasteiger partial charge in [0.15, 0.2) is 0 Å². The molecule has 0 saturated heterocycles. The highest BCUT2D eigenvalue weighted by atomic mass is 19.1. The molecule has 0 heterocycles. The van der Waals surface area contributed by atoms with Crippen molar-refractivity contribution < 1.29 is 13.9 Å². The fourth-order valence-corrected chi connectivity index (χ4v) is 2.83. The van der Waals surface area contributed by atoms with Crippen molar-refractivity contribution in [2.75, 3.05) is 6.54 Å². The van der Waals surface area contributed by atoms with Gasteiger partial charge in [0, 0.05) is 18.2 Å². The van der Waals surface area contributed by atoms with Crippen molar-refractivity contribution in [3.05, 3.63) is 34.9 Å². The van der Waals surface area contributed by atoms with Gasteiger partial charge in [0.1, 0.15) is 11.6 Å². The van der Waals surface area contributed by atoms with Crippen LogP contribution in [0.4, 0.5) is 8.78 Å². The minimum atomic E-state index is -0.702. The first-order chi connectivity index (χ1) is 9.41. The number of aryl methyl sites for hydroxylation is 1. The molecule has 0 amide bonds. The first-order valence-electron chi connectivity index (χ1n) is 7.33. The van der Waals surface area contributed by atoms with Crippen LogP contribution in [0.25, 0.3) is 0 Å². The van der Waals surface area contributed by atoms with Crippen LogP contribution < -0.4 is 5.32 Å². The van der Waals surface area contributed by atoms with Crippen molar-refractivity contribution in [1.29, 1.82) is 0 Å². The number of halogens is 2. The average Bonchev–Trinajstić information content (AvgIpc) is 2.41. The van der Waals surface area contributed by atoms with Gasteiger partial charge in [0.2, 0.25) is 0 Å². The van der Waals surface area contributed by atoms with Gasteiger partial charge in [-0.15, -0.1) is 0 Å². The number of hydrogen-bond acceptors (Lipinski definition) is 2. The lowest BCUT2D eigenvalue weighted by atomic mass is 9.84. The maximum atomic E-state index is 13.9. The Bertz CT molecular complexity index is 470. The molecule has 2 rings (SSSR count). The van der Waals surface area contributed by atoms with Crippen molar-refractivity contribution in [3.63, 3.8) is 0 Å². The lowest BCUT2D eigenvalue weighted by Crippen LogP contribution is -2.43. The van der Waals surface area contributed by atoms with E-state index in [1.54, 1.807) is 13.8 Å². The fraction of sp³-hybridized carbons (Fsp3) is 0.625. The Hall–Kier alpha value is -1.00. The van der Waals surface area contributed by atoms with Crippen LogP contribution in [-0.4, -0.2) is 17.3 Å². The predicted molar refractivity (Wildman–Crippen MR) is 75.5 cm³/mol. The predicted octanol–water partition coefficient (Wildman–Crippen LogP) is 3.62. The molecule has 0 spiro atoms. The number of hydrogen-bond donors (Lipinski definition) is 2. The third-order valence-electron chi connectivity index (χ3n) is 4.27. The molecular weight excluding hydrogens is 260 g/mol. The van der Waals surface area contributed by atoms with Crippen molar-refractivity contribution in [1.82, 2.24) is 5.32 Å². The monoisotopic (exact) mass is 283 g/mol. The van der Waals surface area contributed by atoms with E-state index >= 15 is 0 Å². The molecule has 20 heavy (non-hydrogen) atoms. The lowest BCUT2D eigenvalue weighted by molar-refractivity contribution is 0.00292. The van der Waals surface area contributed by atoms with Gasteiger partial charge in [-0.25, -0.2) is 8.78 Å². The summed E-state index contributed by atoms with van der Waals surface area (Å²) in [6.07, 6.45) is 4.77. The van der Waals surface area contributed by atoms with E-state index in [0.29, 0.717) is 17.7 Å². The Morgan fingerprint density at radius 1 is 1.20 bits per heavy atom. The molecule has 1 unspecified atom stereocenters. The molecule has 1 aromatic carbocycles. The van der Waals surface area contributed by atoms with Gasteiger partial charge in [0.25, 0.3) is 0 Å². The van der Waals surface area contributed by atoms with E-state index in [-0.39, 0.29) is 6.04 Å². The summed E-state index contributed by atoms with van der Waals surface area (Å²) in [5.74, 6) is -0.800. The summed E-state index contributed by atoms with van der Waals surface area (Å²) in [6, 6.07) is 2.14. The summed E-state index contributed by atoms with van der Waals surface area (Å²) in [7, 11) is 0. The van der Waals surface area contributed by atoms with Gasteiger partial charge >= 0.3 is 0 Å². The van der Waals surface area contributed by atoms with Crippen LogP contribution in [-0.2, 0) is 0 Å². The highest BCUT2D eigenvalue weighted by Crippen LogP contribution is 2.28. The van der Waals surface area contributed by atoms with E-state index in [2.05, 4.69) is 5.32 Å². The molecule has 1 aliphatic carbocycles. The quantitative estimate of drug-likeness (QED) is 0.884. The molecular formula is C16H23F2NO. The zero-order valence-corrected chi connectivity index (χ0v) is 12.2. The Morgan fingerprint density at radius 3 is 2.50 bits per heavy atom. The second-order valence-electron chi connectivity index (χ2n) is 6.01. The minimum absolute atomic E-state index is 0.310. The average molecular weight is 283 g/mol.